The summed E-state index contributed by atoms with van der Waals surface area (Å²) < 4.78 is 20.2. The molecule has 2 aromatic heterocycles. The fourth-order valence-electron chi connectivity index (χ4n) is 2.87. The largest absolute Gasteiger partial charge is 0.465 e. The van der Waals surface area contributed by atoms with Crippen molar-refractivity contribution in [2.75, 3.05) is 20.2 Å². The zero-order valence-electron chi connectivity index (χ0n) is 14.3. The van der Waals surface area contributed by atoms with Crippen LogP contribution in [0.2, 0.25) is 0 Å². The lowest BCUT2D eigenvalue weighted by Crippen LogP contribution is -2.40. The van der Waals surface area contributed by atoms with Crippen LogP contribution in [-0.4, -0.2) is 42.9 Å². The third-order valence-corrected chi connectivity index (χ3v) is 4.34. The summed E-state index contributed by atoms with van der Waals surface area (Å²) >= 11 is 0. The van der Waals surface area contributed by atoms with E-state index in [2.05, 4.69) is 4.74 Å². The molecule has 8 nitrogen and oxygen atoms in total. The predicted molar refractivity (Wildman–Crippen MR) is 87.2 cm³/mol. The number of methoxy groups -OCH3 is 1. The third-order valence-electron chi connectivity index (χ3n) is 4.34. The Bertz CT molecular complexity index is 769. The standard InChI is InChI=1S/C18H19NO7/c1-23-18(22)13-6-10-25-15(13)11-26-17(21)12-4-7-19(8-5-12)16(20)14-3-2-9-24-14/h2-3,6,9-10,12H,4-5,7-8,11H2,1H3. The first kappa shape index (κ1) is 17.8. The summed E-state index contributed by atoms with van der Waals surface area (Å²) in [5, 5.41) is 0. The van der Waals surface area contributed by atoms with Crippen LogP contribution in [0.1, 0.15) is 39.5 Å². The van der Waals surface area contributed by atoms with Gasteiger partial charge in [-0.2, -0.15) is 0 Å². The van der Waals surface area contributed by atoms with Gasteiger partial charge in [0.1, 0.15) is 12.2 Å². The van der Waals surface area contributed by atoms with E-state index in [1.165, 1.54) is 25.7 Å². The molecule has 1 aliphatic rings. The molecule has 0 aromatic carbocycles. The average molecular weight is 361 g/mol. The molecule has 0 spiro atoms. The van der Waals surface area contributed by atoms with Gasteiger partial charge in [-0.3, -0.25) is 9.59 Å². The summed E-state index contributed by atoms with van der Waals surface area (Å²) in [7, 11) is 1.27. The van der Waals surface area contributed by atoms with Gasteiger partial charge in [-0.25, -0.2) is 4.79 Å². The van der Waals surface area contributed by atoms with Crippen LogP contribution in [0.3, 0.4) is 0 Å². The zero-order valence-corrected chi connectivity index (χ0v) is 14.3. The second kappa shape index (κ2) is 7.90. The SMILES string of the molecule is COC(=O)c1ccoc1COC(=O)C1CCN(C(=O)c2ccco2)CC1. The van der Waals surface area contributed by atoms with Crippen molar-refractivity contribution in [3.8, 4) is 0 Å². The number of likely N-dealkylation sites (tertiary alicyclic amines) is 1. The van der Waals surface area contributed by atoms with Crippen LogP contribution < -0.4 is 0 Å². The number of nitrogens with zero attached hydrogens (tertiary/aromatic N) is 1. The lowest BCUT2D eigenvalue weighted by atomic mass is 9.97. The normalized spacial score (nSPS) is 14.9. The van der Waals surface area contributed by atoms with Crippen LogP contribution in [0.15, 0.2) is 39.6 Å². The number of esters is 2. The Morgan fingerprint density at radius 1 is 1.15 bits per heavy atom. The van der Waals surface area contributed by atoms with Gasteiger partial charge in [-0.1, -0.05) is 0 Å². The van der Waals surface area contributed by atoms with Gasteiger partial charge in [-0.15, -0.1) is 0 Å². The van der Waals surface area contributed by atoms with Crippen LogP contribution in [0, 0.1) is 5.92 Å². The van der Waals surface area contributed by atoms with E-state index in [0.717, 1.165) is 0 Å². The molecule has 0 aliphatic carbocycles. The fourth-order valence-corrected chi connectivity index (χ4v) is 2.87. The monoisotopic (exact) mass is 361 g/mol. The first-order valence-corrected chi connectivity index (χ1v) is 8.24. The van der Waals surface area contributed by atoms with E-state index in [4.69, 9.17) is 13.6 Å². The fraction of sp³-hybridized carbons (Fsp3) is 0.389. The van der Waals surface area contributed by atoms with Crippen LogP contribution in [0.25, 0.3) is 0 Å². The molecule has 1 fully saturated rings. The molecule has 0 unspecified atom stereocenters. The van der Waals surface area contributed by atoms with Crippen molar-refractivity contribution < 1.29 is 32.7 Å². The second-order valence-corrected chi connectivity index (χ2v) is 5.90. The van der Waals surface area contributed by atoms with Crippen molar-refractivity contribution in [1.82, 2.24) is 4.90 Å². The number of amides is 1. The van der Waals surface area contributed by atoms with E-state index >= 15 is 0 Å². The van der Waals surface area contributed by atoms with Gasteiger partial charge in [0.25, 0.3) is 5.91 Å². The summed E-state index contributed by atoms with van der Waals surface area (Å²) in [6, 6.07) is 4.74. The van der Waals surface area contributed by atoms with Crippen LogP contribution in [-0.2, 0) is 20.9 Å². The lowest BCUT2D eigenvalue weighted by molar-refractivity contribution is -0.152. The Balaban J connectivity index is 1.49. The minimum Gasteiger partial charge on any atom is -0.465 e. The highest BCUT2D eigenvalue weighted by molar-refractivity contribution is 5.91. The number of carbonyl (C=O) groups is 3. The molecule has 0 radical (unpaired) electrons. The molecule has 0 saturated carbocycles. The predicted octanol–water partition coefficient (Wildman–Crippen LogP) is 2.25. The van der Waals surface area contributed by atoms with Crippen molar-refractivity contribution in [3.63, 3.8) is 0 Å². The molecule has 3 rings (SSSR count). The van der Waals surface area contributed by atoms with Crippen molar-refractivity contribution in [1.29, 1.82) is 0 Å². The molecular formula is C18H19NO7. The number of hydrogen-bond donors (Lipinski definition) is 0. The van der Waals surface area contributed by atoms with Gasteiger partial charge in [0, 0.05) is 13.1 Å². The average Bonchev–Trinajstić information content (AvgIpc) is 3.36. The molecule has 0 bridgehead atoms. The number of piperidine rings is 1. The molecular weight excluding hydrogens is 342 g/mol. The van der Waals surface area contributed by atoms with Crippen LogP contribution in [0.4, 0.5) is 0 Å². The first-order valence-electron chi connectivity index (χ1n) is 8.24. The van der Waals surface area contributed by atoms with Gasteiger partial charge < -0.3 is 23.2 Å². The van der Waals surface area contributed by atoms with Gasteiger partial charge >= 0.3 is 11.9 Å². The van der Waals surface area contributed by atoms with E-state index in [9.17, 15) is 14.4 Å². The molecule has 0 atom stereocenters. The van der Waals surface area contributed by atoms with Crippen molar-refractivity contribution >= 4 is 17.8 Å². The zero-order chi connectivity index (χ0) is 18.5. The van der Waals surface area contributed by atoms with Gasteiger partial charge in [-0.05, 0) is 31.0 Å². The smallest absolute Gasteiger partial charge is 0.341 e. The maximum absolute atomic E-state index is 12.2. The van der Waals surface area contributed by atoms with Crippen molar-refractivity contribution in [2.24, 2.45) is 5.92 Å². The molecule has 1 amide bonds. The Morgan fingerprint density at radius 3 is 2.58 bits per heavy atom. The molecule has 8 heteroatoms. The molecule has 138 valence electrons. The second-order valence-electron chi connectivity index (χ2n) is 5.90. The molecule has 0 N–H and O–H groups in total. The Morgan fingerprint density at radius 2 is 1.92 bits per heavy atom. The number of carbonyl (C=O) groups excluding carboxylic acids is 3. The topological polar surface area (TPSA) is 99.2 Å². The third kappa shape index (κ3) is 3.79. The Kier molecular flexibility index (Phi) is 5.40. The number of ether oxygens (including phenoxy) is 2. The summed E-state index contributed by atoms with van der Waals surface area (Å²) in [6.45, 7) is 0.767. The van der Waals surface area contributed by atoms with E-state index in [-0.39, 0.29) is 35.7 Å². The highest BCUT2D eigenvalue weighted by Gasteiger charge is 2.30. The lowest BCUT2D eigenvalue weighted by Gasteiger charge is -2.30. The molecule has 2 aromatic rings. The van der Waals surface area contributed by atoms with Crippen LogP contribution in [0.5, 0.6) is 0 Å². The highest BCUT2D eigenvalue weighted by atomic mass is 16.5. The molecule has 26 heavy (non-hydrogen) atoms. The van der Waals surface area contributed by atoms with E-state index in [1.807, 2.05) is 0 Å². The highest BCUT2D eigenvalue weighted by Crippen LogP contribution is 2.22. The molecule has 3 heterocycles. The maximum Gasteiger partial charge on any atom is 0.341 e. The number of furan rings is 2. The Labute approximate surface area is 149 Å². The minimum absolute atomic E-state index is 0.137. The quantitative estimate of drug-likeness (QED) is 0.753. The van der Waals surface area contributed by atoms with Gasteiger partial charge in [0.15, 0.2) is 11.5 Å². The summed E-state index contributed by atoms with van der Waals surface area (Å²) in [5.41, 5.74) is 0.235. The number of hydrogen-bond acceptors (Lipinski definition) is 7. The summed E-state index contributed by atoms with van der Waals surface area (Å²) in [5.74, 6) is -0.862. The maximum atomic E-state index is 12.2. The summed E-state index contributed by atoms with van der Waals surface area (Å²) in [6.07, 6.45) is 3.81. The minimum atomic E-state index is -0.547. The van der Waals surface area contributed by atoms with Crippen LogP contribution >= 0.6 is 0 Å². The van der Waals surface area contributed by atoms with Gasteiger partial charge in [0.05, 0.1) is 25.6 Å². The Hall–Kier alpha value is -3.03. The van der Waals surface area contributed by atoms with E-state index in [0.29, 0.717) is 31.7 Å². The van der Waals surface area contributed by atoms with Crippen molar-refractivity contribution in [3.05, 3.63) is 47.8 Å². The molecule has 1 saturated heterocycles. The van der Waals surface area contributed by atoms with E-state index in [1.54, 1.807) is 17.0 Å². The summed E-state index contributed by atoms with van der Waals surface area (Å²) in [4.78, 5) is 37.7. The van der Waals surface area contributed by atoms with E-state index < -0.39 is 5.97 Å². The molecule has 1 aliphatic heterocycles. The van der Waals surface area contributed by atoms with Gasteiger partial charge in [0.2, 0.25) is 0 Å². The van der Waals surface area contributed by atoms with Crippen molar-refractivity contribution in [2.45, 2.75) is 19.4 Å². The number of rotatable bonds is 5. The first-order chi connectivity index (χ1) is 12.6.